The molecule has 0 aliphatic carbocycles. The molecule has 3 heterocycles. The fourth-order valence-electron chi connectivity index (χ4n) is 4.68. The van der Waals surface area contributed by atoms with E-state index in [9.17, 15) is 22.4 Å². The zero-order chi connectivity index (χ0) is 29.5. The number of carbonyl (C=O) groups is 1. The number of carbonyl (C=O) groups excluding carboxylic acids is 1. The van der Waals surface area contributed by atoms with E-state index < -0.39 is 40.9 Å². The van der Waals surface area contributed by atoms with Gasteiger partial charge in [-0.2, -0.15) is 13.2 Å². The van der Waals surface area contributed by atoms with Crippen LogP contribution in [0.2, 0.25) is 0 Å². The minimum absolute atomic E-state index is 0.00792. The van der Waals surface area contributed by atoms with Crippen LogP contribution in [-0.2, 0) is 6.18 Å². The SMILES string of the molecule is CNC(=O)c1c(Nc2ccc(N3CCN(C)CC3)c(C(F)(F)F)c2)ncnc1Oc1cc(F)c2[nH]c(C)cc2c1F. The van der Waals surface area contributed by atoms with Crippen LogP contribution < -0.4 is 20.3 Å². The highest BCUT2D eigenvalue weighted by atomic mass is 19.4. The topological polar surface area (TPSA) is 98.4 Å². The van der Waals surface area contributed by atoms with E-state index in [1.165, 1.54) is 25.2 Å². The van der Waals surface area contributed by atoms with Gasteiger partial charge < -0.3 is 30.2 Å². The summed E-state index contributed by atoms with van der Waals surface area (Å²) < 4.78 is 77.7. The number of amides is 1. The number of nitrogens with one attached hydrogen (secondary N) is 3. The summed E-state index contributed by atoms with van der Waals surface area (Å²) in [4.78, 5) is 27.2. The molecule has 216 valence electrons. The Morgan fingerprint density at radius 3 is 2.49 bits per heavy atom. The van der Waals surface area contributed by atoms with Crippen LogP contribution in [0, 0.1) is 18.6 Å². The van der Waals surface area contributed by atoms with E-state index in [0.717, 1.165) is 18.5 Å². The minimum Gasteiger partial charge on any atom is -0.435 e. The van der Waals surface area contributed by atoms with Crippen LogP contribution in [0.4, 0.5) is 39.1 Å². The summed E-state index contributed by atoms with van der Waals surface area (Å²) in [6.45, 7) is 3.75. The van der Waals surface area contributed by atoms with Gasteiger partial charge in [-0.25, -0.2) is 18.7 Å². The normalized spacial score (nSPS) is 14.4. The van der Waals surface area contributed by atoms with Gasteiger partial charge in [0.15, 0.2) is 23.2 Å². The summed E-state index contributed by atoms with van der Waals surface area (Å²) in [7, 11) is 3.22. The lowest BCUT2D eigenvalue weighted by Crippen LogP contribution is -2.45. The number of likely N-dealkylation sites (N-methyl/N-ethyl adjacent to an activating group) is 1. The molecular formula is C27H26F5N7O2. The standard InChI is InChI=1S/C27H26F5N7O2/c1-14-10-16-22(29)20(12-18(28)23(16)36-14)41-26-21(25(40)33-2)24(34-13-35-26)37-15-4-5-19(17(11-15)27(30,31)32)39-8-6-38(3)7-9-39/h4-5,10-13,36H,6-9H2,1-3H3,(H,33,40)(H,34,35,37). The van der Waals surface area contributed by atoms with Gasteiger partial charge in [0.25, 0.3) is 5.91 Å². The Kier molecular flexibility index (Phi) is 7.43. The Morgan fingerprint density at radius 2 is 1.80 bits per heavy atom. The number of alkyl halides is 3. The zero-order valence-corrected chi connectivity index (χ0v) is 22.3. The molecule has 1 fully saturated rings. The molecule has 9 nitrogen and oxygen atoms in total. The van der Waals surface area contributed by atoms with Crippen molar-refractivity contribution >= 4 is 34.0 Å². The van der Waals surface area contributed by atoms with Crippen LogP contribution in [0.1, 0.15) is 21.6 Å². The first-order chi connectivity index (χ1) is 19.5. The smallest absolute Gasteiger partial charge is 0.418 e. The number of aromatic amines is 1. The molecule has 1 aliphatic rings. The van der Waals surface area contributed by atoms with Crippen molar-refractivity contribution in [2.75, 3.05) is 50.5 Å². The van der Waals surface area contributed by atoms with Crippen molar-refractivity contribution < 1.29 is 31.5 Å². The van der Waals surface area contributed by atoms with Gasteiger partial charge in [0.2, 0.25) is 5.88 Å². The van der Waals surface area contributed by atoms with Crippen LogP contribution in [0.15, 0.2) is 36.7 Å². The molecule has 4 aromatic rings. The van der Waals surface area contributed by atoms with Crippen molar-refractivity contribution in [1.82, 2.24) is 25.2 Å². The quantitative estimate of drug-likeness (QED) is 0.272. The molecule has 0 radical (unpaired) electrons. The highest BCUT2D eigenvalue weighted by Gasteiger charge is 2.36. The van der Waals surface area contributed by atoms with Gasteiger partial charge in [-0.05, 0) is 38.2 Å². The van der Waals surface area contributed by atoms with E-state index in [-0.39, 0.29) is 33.7 Å². The second-order valence-corrected chi connectivity index (χ2v) is 9.64. The fraction of sp³-hybridized carbons (Fsp3) is 0.296. The van der Waals surface area contributed by atoms with Crippen LogP contribution >= 0.6 is 0 Å². The van der Waals surface area contributed by atoms with E-state index in [1.54, 1.807) is 11.8 Å². The predicted octanol–water partition coefficient (Wildman–Crippen LogP) is 5.21. The van der Waals surface area contributed by atoms with Crippen molar-refractivity contribution in [3.8, 4) is 11.6 Å². The highest BCUT2D eigenvalue weighted by Crippen LogP contribution is 2.40. The molecule has 5 rings (SSSR count). The number of aryl methyl sites for hydroxylation is 1. The molecule has 0 unspecified atom stereocenters. The number of anilines is 3. The first-order valence-corrected chi connectivity index (χ1v) is 12.6. The molecule has 3 N–H and O–H groups in total. The minimum atomic E-state index is -4.66. The number of ether oxygens (including phenoxy) is 1. The number of H-pyrrole nitrogens is 1. The Balaban J connectivity index is 1.52. The van der Waals surface area contributed by atoms with Gasteiger partial charge >= 0.3 is 6.18 Å². The average Bonchev–Trinajstić information content (AvgIpc) is 3.34. The average molecular weight is 576 g/mol. The summed E-state index contributed by atoms with van der Waals surface area (Å²) in [6.07, 6.45) is -3.67. The molecule has 2 aromatic heterocycles. The number of halogens is 5. The van der Waals surface area contributed by atoms with Crippen molar-refractivity contribution in [1.29, 1.82) is 0 Å². The number of benzene rings is 2. The van der Waals surface area contributed by atoms with E-state index in [4.69, 9.17) is 4.74 Å². The molecule has 14 heteroatoms. The Labute approximate surface area is 231 Å². The van der Waals surface area contributed by atoms with E-state index in [1.807, 2.05) is 11.9 Å². The largest absolute Gasteiger partial charge is 0.435 e. The van der Waals surface area contributed by atoms with Gasteiger partial charge in [-0.15, -0.1) is 0 Å². The monoisotopic (exact) mass is 575 g/mol. The number of piperazine rings is 1. The molecule has 0 spiro atoms. The van der Waals surface area contributed by atoms with Crippen molar-refractivity contribution in [3.05, 3.63) is 65.1 Å². The Bertz CT molecular complexity index is 1610. The Hall–Kier alpha value is -4.46. The van der Waals surface area contributed by atoms with Gasteiger partial charge in [0.1, 0.15) is 11.9 Å². The highest BCUT2D eigenvalue weighted by molar-refractivity contribution is 6.01. The lowest BCUT2D eigenvalue weighted by atomic mass is 10.1. The van der Waals surface area contributed by atoms with Crippen molar-refractivity contribution in [2.45, 2.75) is 13.1 Å². The lowest BCUT2D eigenvalue weighted by molar-refractivity contribution is -0.137. The maximum absolute atomic E-state index is 15.2. The summed E-state index contributed by atoms with van der Waals surface area (Å²) in [5.74, 6) is -3.63. The van der Waals surface area contributed by atoms with E-state index in [2.05, 4.69) is 25.6 Å². The van der Waals surface area contributed by atoms with Gasteiger partial charge in [0.05, 0.1) is 11.1 Å². The molecule has 41 heavy (non-hydrogen) atoms. The van der Waals surface area contributed by atoms with Crippen LogP contribution in [0.25, 0.3) is 10.9 Å². The third-order valence-electron chi connectivity index (χ3n) is 6.78. The number of hydrogen-bond donors (Lipinski definition) is 3. The molecule has 1 amide bonds. The second kappa shape index (κ2) is 10.8. The number of fused-ring (bicyclic) bond motifs is 1. The number of aromatic nitrogens is 3. The Morgan fingerprint density at radius 1 is 1.07 bits per heavy atom. The van der Waals surface area contributed by atoms with E-state index in [0.29, 0.717) is 31.9 Å². The van der Waals surface area contributed by atoms with Crippen LogP contribution in [-0.4, -0.2) is 66.0 Å². The molecule has 2 aromatic carbocycles. The maximum Gasteiger partial charge on any atom is 0.418 e. The summed E-state index contributed by atoms with van der Waals surface area (Å²) in [6, 6.07) is 5.94. The molecule has 0 bridgehead atoms. The number of nitrogens with zero attached hydrogens (tertiary/aromatic N) is 4. The van der Waals surface area contributed by atoms with Crippen LogP contribution in [0.3, 0.4) is 0 Å². The molecule has 0 atom stereocenters. The fourth-order valence-corrected chi connectivity index (χ4v) is 4.68. The molecule has 1 saturated heterocycles. The van der Waals surface area contributed by atoms with Crippen LogP contribution in [0.5, 0.6) is 11.6 Å². The first-order valence-electron chi connectivity index (χ1n) is 12.6. The second-order valence-electron chi connectivity index (χ2n) is 9.64. The zero-order valence-electron chi connectivity index (χ0n) is 22.3. The number of hydrogen-bond acceptors (Lipinski definition) is 7. The third kappa shape index (κ3) is 5.59. The van der Waals surface area contributed by atoms with Gasteiger partial charge in [-0.3, -0.25) is 4.79 Å². The van der Waals surface area contributed by atoms with Crippen molar-refractivity contribution in [2.24, 2.45) is 0 Å². The molecular weight excluding hydrogens is 549 g/mol. The lowest BCUT2D eigenvalue weighted by Gasteiger charge is -2.35. The third-order valence-corrected chi connectivity index (χ3v) is 6.78. The summed E-state index contributed by atoms with van der Waals surface area (Å²) >= 11 is 0. The maximum atomic E-state index is 15.2. The van der Waals surface area contributed by atoms with E-state index >= 15 is 4.39 Å². The van der Waals surface area contributed by atoms with Gasteiger partial charge in [0, 0.05) is 61.7 Å². The summed E-state index contributed by atoms with van der Waals surface area (Å²) in [5, 5.41) is 5.05. The first kappa shape index (κ1) is 28.1. The molecule has 0 saturated carbocycles. The molecule has 1 aliphatic heterocycles. The van der Waals surface area contributed by atoms with Crippen molar-refractivity contribution in [3.63, 3.8) is 0 Å². The van der Waals surface area contributed by atoms with Gasteiger partial charge in [-0.1, -0.05) is 0 Å². The predicted molar refractivity (Wildman–Crippen MR) is 143 cm³/mol. The number of rotatable bonds is 6. The summed E-state index contributed by atoms with van der Waals surface area (Å²) in [5.41, 5.74) is -0.673.